The summed E-state index contributed by atoms with van der Waals surface area (Å²) >= 11 is 11.9. The van der Waals surface area contributed by atoms with Gasteiger partial charge in [-0.3, -0.25) is 0 Å². The standard InChI is InChI=1S/C6H6Cl2N4O/c7-10-1-2-4(11(2)8)6-5(3(1)10)12(6)9-13/h1-6H/t1-,2+,3-,4+,5-,6+,10?,11?,12?. The Morgan fingerprint density at radius 3 is 1.62 bits per heavy atom. The molecule has 5 nitrogen and oxygen atoms in total. The van der Waals surface area contributed by atoms with Gasteiger partial charge in [-0.2, -0.15) is 0 Å². The van der Waals surface area contributed by atoms with Crippen molar-refractivity contribution in [1.82, 2.24) is 13.8 Å². The van der Waals surface area contributed by atoms with Gasteiger partial charge in [0.25, 0.3) is 0 Å². The number of nitrogens with zero attached hydrogens (tertiary/aromatic N) is 4. The van der Waals surface area contributed by atoms with E-state index in [-0.39, 0.29) is 12.1 Å². The van der Waals surface area contributed by atoms with Crippen molar-refractivity contribution in [2.24, 2.45) is 5.29 Å². The smallest absolute Gasteiger partial charge is 0.0929 e. The molecule has 0 amide bonds. The molecule has 70 valence electrons. The molecule has 7 heteroatoms. The second-order valence-corrected chi connectivity index (χ2v) is 4.87. The van der Waals surface area contributed by atoms with Crippen molar-refractivity contribution in [1.29, 1.82) is 0 Å². The summed E-state index contributed by atoms with van der Waals surface area (Å²) in [5.41, 5.74) is 0. The van der Waals surface area contributed by atoms with Crippen LogP contribution in [0.25, 0.3) is 0 Å². The van der Waals surface area contributed by atoms with Gasteiger partial charge in [0.15, 0.2) is 0 Å². The van der Waals surface area contributed by atoms with Crippen LogP contribution in [-0.4, -0.2) is 50.1 Å². The first-order chi connectivity index (χ1) is 6.27. The van der Waals surface area contributed by atoms with E-state index in [4.69, 9.17) is 23.6 Å². The second kappa shape index (κ2) is 1.82. The molecule has 4 aliphatic rings. The van der Waals surface area contributed by atoms with Crippen molar-refractivity contribution in [2.75, 3.05) is 0 Å². The molecule has 0 aromatic heterocycles. The Morgan fingerprint density at radius 1 is 0.846 bits per heavy atom. The van der Waals surface area contributed by atoms with Gasteiger partial charge in [0.05, 0.1) is 41.5 Å². The van der Waals surface area contributed by atoms with Gasteiger partial charge in [-0.1, -0.05) is 0 Å². The van der Waals surface area contributed by atoms with E-state index in [9.17, 15) is 4.91 Å². The van der Waals surface area contributed by atoms with Crippen molar-refractivity contribution in [3.63, 3.8) is 0 Å². The van der Waals surface area contributed by atoms with Gasteiger partial charge in [0.1, 0.15) is 0 Å². The first-order valence-electron chi connectivity index (χ1n) is 4.27. The molecule has 4 rings (SSSR count). The van der Waals surface area contributed by atoms with Crippen molar-refractivity contribution in [2.45, 2.75) is 36.3 Å². The molecular formula is C6H6Cl2N4O. The highest BCUT2D eigenvalue weighted by Gasteiger charge is 2.83. The largest absolute Gasteiger partial charge is 0.247 e. The fraction of sp³-hybridized carbons (Fsp3) is 1.00. The van der Waals surface area contributed by atoms with Gasteiger partial charge in [-0.25, -0.2) is 13.8 Å². The summed E-state index contributed by atoms with van der Waals surface area (Å²) in [5.74, 6) is 0. The van der Waals surface area contributed by atoms with Crippen LogP contribution in [0.2, 0.25) is 0 Å². The molecule has 0 spiro atoms. The molecule has 3 aliphatic heterocycles. The van der Waals surface area contributed by atoms with Crippen LogP contribution in [0.5, 0.6) is 0 Å². The molecule has 0 bridgehead atoms. The average Bonchev–Trinajstić information content (AvgIpc) is 2.96. The van der Waals surface area contributed by atoms with Crippen LogP contribution < -0.4 is 0 Å². The third-order valence-electron chi connectivity index (χ3n) is 3.67. The lowest BCUT2D eigenvalue weighted by Crippen LogP contribution is -2.20. The molecule has 0 aromatic carbocycles. The summed E-state index contributed by atoms with van der Waals surface area (Å²) in [4.78, 5) is 10.4. The van der Waals surface area contributed by atoms with Gasteiger partial charge >= 0.3 is 0 Å². The minimum absolute atomic E-state index is 0.227. The molecule has 2 unspecified atom stereocenters. The predicted octanol–water partition coefficient (Wildman–Crippen LogP) is 0.147. The molecule has 0 N–H and O–H groups in total. The van der Waals surface area contributed by atoms with E-state index in [1.165, 1.54) is 0 Å². The van der Waals surface area contributed by atoms with Crippen LogP contribution in [-0.2, 0) is 0 Å². The van der Waals surface area contributed by atoms with E-state index >= 15 is 0 Å². The van der Waals surface area contributed by atoms with Crippen molar-refractivity contribution >= 4 is 23.6 Å². The van der Waals surface area contributed by atoms with E-state index in [0.29, 0.717) is 24.2 Å². The summed E-state index contributed by atoms with van der Waals surface area (Å²) in [5, 5.41) is 4.57. The van der Waals surface area contributed by atoms with Gasteiger partial charge in [-0.05, 0) is 23.6 Å². The highest BCUT2D eigenvalue weighted by molar-refractivity contribution is 6.18. The first kappa shape index (κ1) is 7.23. The topological polar surface area (TPSA) is 38.5 Å². The molecular weight excluding hydrogens is 215 g/mol. The maximum Gasteiger partial charge on any atom is 0.0929 e. The van der Waals surface area contributed by atoms with Gasteiger partial charge in [0, 0.05) is 0 Å². The molecule has 13 heavy (non-hydrogen) atoms. The first-order valence-corrected chi connectivity index (χ1v) is 4.95. The fourth-order valence-electron chi connectivity index (χ4n) is 2.95. The monoisotopic (exact) mass is 220 g/mol. The third kappa shape index (κ3) is 0.605. The Kier molecular flexibility index (Phi) is 1.01. The lowest BCUT2D eigenvalue weighted by molar-refractivity contribution is 0.484. The molecule has 0 aromatic rings. The highest BCUT2D eigenvalue weighted by atomic mass is 35.5. The number of nitroso groups, excluding NO2 is 1. The number of hydrogen-bond acceptors (Lipinski definition) is 4. The molecule has 3 saturated heterocycles. The number of halogens is 2. The Balaban J connectivity index is 1.72. The van der Waals surface area contributed by atoms with Crippen LogP contribution >= 0.6 is 23.6 Å². The summed E-state index contributed by atoms with van der Waals surface area (Å²) in [6.07, 6.45) is 0. The summed E-state index contributed by atoms with van der Waals surface area (Å²) in [7, 11) is 0. The molecule has 3 heterocycles. The van der Waals surface area contributed by atoms with Crippen molar-refractivity contribution < 1.29 is 0 Å². The van der Waals surface area contributed by atoms with Gasteiger partial charge in [-0.15, -0.1) is 4.91 Å². The minimum Gasteiger partial charge on any atom is -0.247 e. The predicted molar refractivity (Wildman–Crippen MR) is 45.7 cm³/mol. The lowest BCUT2D eigenvalue weighted by Gasteiger charge is -1.92. The maximum absolute atomic E-state index is 10.4. The Hall–Kier alpha value is -0.100. The molecule has 1 aliphatic carbocycles. The lowest BCUT2D eigenvalue weighted by atomic mass is 10.0. The number of rotatable bonds is 1. The summed E-state index contributed by atoms with van der Waals surface area (Å²) in [6.45, 7) is 0. The van der Waals surface area contributed by atoms with Gasteiger partial charge < -0.3 is 0 Å². The quantitative estimate of drug-likeness (QED) is 0.359. The molecule has 4 fully saturated rings. The summed E-state index contributed by atoms with van der Waals surface area (Å²) < 4.78 is 3.55. The Labute approximate surface area is 84.3 Å². The third-order valence-corrected chi connectivity index (χ3v) is 4.58. The Morgan fingerprint density at radius 2 is 1.23 bits per heavy atom. The average molecular weight is 221 g/mol. The SMILES string of the molecule is O=NN1[C@@H]2[C@H]3[C@@H]([C@H]4[C@@H]([C@@H]21)N4Cl)N3Cl. The number of hydrogen-bond donors (Lipinski definition) is 0. The van der Waals surface area contributed by atoms with E-state index in [0.717, 1.165) is 0 Å². The van der Waals surface area contributed by atoms with E-state index in [1.54, 1.807) is 13.8 Å². The van der Waals surface area contributed by atoms with Crippen LogP contribution in [0.4, 0.5) is 0 Å². The maximum atomic E-state index is 10.4. The zero-order valence-electron chi connectivity index (χ0n) is 6.42. The second-order valence-electron chi connectivity index (χ2n) is 4.09. The summed E-state index contributed by atoms with van der Waals surface area (Å²) in [6, 6.07) is 1.74. The van der Waals surface area contributed by atoms with Crippen LogP contribution in [0.1, 0.15) is 0 Å². The van der Waals surface area contributed by atoms with E-state index < -0.39 is 0 Å². The highest BCUT2D eigenvalue weighted by Crippen LogP contribution is 2.62. The van der Waals surface area contributed by atoms with E-state index in [1.807, 2.05) is 0 Å². The fourth-order valence-corrected chi connectivity index (χ4v) is 3.77. The van der Waals surface area contributed by atoms with Crippen molar-refractivity contribution in [3.8, 4) is 0 Å². The molecule has 0 radical (unpaired) electrons. The van der Waals surface area contributed by atoms with Crippen LogP contribution in [0, 0.1) is 4.91 Å². The van der Waals surface area contributed by atoms with Crippen LogP contribution in [0.15, 0.2) is 5.29 Å². The number of fused-ring (bicyclic) bond motifs is 6. The Bertz CT molecular complexity index is 289. The zero-order chi connectivity index (χ0) is 8.90. The normalized spacial score (nSPS) is 70.5. The zero-order valence-corrected chi connectivity index (χ0v) is 7.93. The molecule has 1 saturated carbocycles. The minimum atomic E-state index is 0.227. The van der Waals surface area contributed by atoms with Crippen molar-refractivity contribution in [3.05, 3.63) is 4.91 Å². The van der Waals surface area contributed by atoms with Gasteiger partial charge in [0.2, 0.25) is 0 Å². The van der Waals surface area contributed by atoms with E-state index in [2.05, 4.69) is 5.29 Å². The van der Waals surface area contributed by atoms with Crippen LogP contribution in [0.3, 0.4) is 0 Å². The molecule has 8 atom stereocenters.